The highest BCUT2D eigenvalue weighted by Gasteiger charge is 2.22. The van der Waals surface area contributed by atoms with Crippen molar-refractivity contribution in [3.63, 3.8) is 0 Å². The number of para-hydroxylation sites is 1. The molecule has 28 heavy (non-hydrogen) atoms. The van der Waals surface area contributed by atoms with E-state index >= 15 is 0 Å². The van der Waals surface area contributed by atoms with Gasteiger partial charge in [-0.05, 0) is 37.1 Å². The van der Waals surface area contributed by atoms with Crippen LogP contribution in [0.2, 0.25) is 0 Å². The van der Waals surface area contributed by atoms with E-state index in [2.05, 4.69) is 4.90 Å². The second-order valence-corrected chi connectivity index (χ2v) is 6.64. The van der Waals surface area contributed by atoms with Crippen LogP contribution >= 0.6 is 0 Å². The summed E-state index contributed by atoms with van der Waals surface area (Å²) < 4.78 is 16.7. The molecule has 0 aromatic heterocycles. The maximum atomic E-state index is 11.6. The van der Waals surface area contributed by atoms with Gasteiger partial charge in [-0.1, -0.05) is 36.4 Å². The smallest absolute Gasteiger partial charge is 0.352 e. The zero-order valence-corrected chi connectivity index (χ0v) is 15.9. The largest absolute Gasteiger partial charge is 0.487 e. The summed E-state index contributed by atoms with van der Waals surface area (Å²) in [6.45, 7) is 5.21. The molecule has 1 heterocycles. The first-order valence-corrected chi connectivity index (χ1v) is 9.61. The molecule has 1 aliphatic heterocycles. The fourth-order valence-corrected chi connectivity index (χ4v) is 3.09. The van der Waals surface area contributed by atoms with Crippen molar-refractivity contribution in [2.45, 2.75) is 19.4 Å². The molecule has 1 fully saturated rings. The summed E-state index contributed by atoms with van der Waals surface area (Å²) in [5.74, 6) is 0.474. The summed E-state index contributed by atoms with van der Waals surface area (Å²) in [6, 6.07) is 14.5. The van der Waals surface area contributed by atoms with Crippen LogP contribution in [0.5, 0.6) is 11.5 Å². The van der Waals surface area contributed by atoms with Crippen molar-refractivity contribution in [2.24, 2.45) is 0 Å². The Bertz CT molecular complexity index is 748. The summed E-state index contributed by atoms with van der Waals surface area (Å²) in [6.07, 6.45) is 1.82. The number of hydrogen-bond donors (Lipinski definition) is 0. The number of nitro groups is 1. The molecule has 0 bridgehead atoms. The molecule has 0 spiro atoms. The van der Waals surface area contributed by atoms with Crippen LogP contribution in [0.25, 0.3) is 0 Å². The average molecular weight is 386 g/mol. The van der Waals surface area contributed by atoms with Gasteiger partial charge in [0.15, 0.2) is 0 Å². The lowest BCUT2D eigenvalue weighted by Gasteiger charge is -2.26. The molecule has 150 valence electrons. The second kappa shape index (κ2) is 10.6. The van der Waals surface area contributed by atoms with E-state index in [-0.39, 0.29) is 23.8 Å². The molecular formula is C21H26N2O5. The number of rotatable bonds is 10. The molecule has 7 nitrogen and oxygen atoms in total. The molecular weight excluding hydrogens is 360 g/mol. The maximum Gasteiger partial charge on any atom is 0.352 e. The van der Waals surface area contributed by atoms with E-state index in [0.29, 0.717) is 6.61 Å². The molecule has 1 aliphatic rings. The lowest BCUT2D eigenvalue weighted by molar-refractivity contribution is -0.387. The second-order valence-electron chi connectivity index (χ2n) is 6.64. The summed E-state index contributed by atoms with van der Waals surface area (Å²) in [5.41, 5.74) is 0.831. The fourth-order valence-electron chi connectivity index (χ4n) is 3.09. The molecule has 1 saturated heterocycles. The van der Waals surface area contributed by atoms with Crippen LogP contribution in [0.4, 0.5) is 5.69 Å². The van der Waals surface area contributed by atoms with Crippen LogP contribution in [0, 0.1) is 10.1 Å². The lowest BCUT2D eigenvalue weighted by Crippen LogP contribution is -2.36. The van der Waals surface area contributed by atoms with E-state index < -0.39 is 4.92 Å². The Morgan fingerprint density at radius 3 is 2.39 bits per heavy atom. The molecule has 3 rings (SSSR count). The molecule has 0 radical (unpaired) electrons. The Morgan fingerprint density at radius 1 is 0.964 bits per heavy atom. The number of hydrogen-bond acceptors (Lipinski definition) is 6. The summed E-state index contributed by atoms with van der Waals surface area (Å²) >= 11 is 0. The standard InChI is InChI=1S/C21H26N2O5/c24-23(25)21-19(27-14-5-4-11-22-12-15-26-16-13-22)9-6-10-20(21)28-17-18-7-2-1-3-8-18/h1-3,6-10H,4-5,11-17H2. The molecule has 0 amide bonds. The van der Waals surface area contributed by atoms with E-state index in [0.717, 1.165) is 51.3 Å². The predicted molar refractivity (Wildman–Crippen MR) is 106 cm³/mol. The first kappa shape index (κ1) is 20.1. The third-order valence-corrected chi connectivity index (χ3v) is 4.61. The Balaban J connectivity index is 1.52. The zero-order chi connectivity index (χ0) is 19.6. The van der Waals surface area contributed by atoms with Gasteiger partial charge in [0.1, 0.15) is 6.61 Å². The van der Waals surface area contributed by atoms with Crippen molar-refractivity contribution < 1.29 is 19.1 Å². The van der Waals surface area contributed by atoms with E-state index in [9.17, 15) is 10.1 Å². The van der Waals surface area contributed by atoms with Crippen molar-refractivity contribution in [1.82, 2.24) is 4.90 Å². The van der Waals surface area contributed by atoms with Gasteiger partial charge in [0.25, 0.3) is 0 Å². The molecule has 0 N–H and O–H groups in total. The van der Waals surface area contributed by atoms with Crippen molar-refractivity contribution in [3.8, 4) is 11.5 Å². The molecule has 0 saturated carbocycles. The van der Waals surface area contributed by atoms with E-state index in [1.54, 1.807) is 18.2 Å². The highest BCUT2D eigenvalue weighted by atomic mass is 16.6. The van der Waals surface area contributed by atoms with Crippen LogP contribution < -0.4 is 9.47 Å². The quantitative estimate of drug-likeness (QED) is 0.352. The van der Waals surface area contributed by atoms with E-state index in [1.807, 2.05) is 30.3 Å². The normalized spacial score (nSPS) is 14.6. The van der Waals surface area contributed by atoms with Crippen molar-refractivity contribution in [1.29, 1.82) is 0 Å². The third kappa shape index (κ3) is 5.94. The number of ether oxygens (including phenoxy) is 3. The van der Waals surface area contributed by atoms with Crippen LogP contribution in [0.15, 0.2) is 48.5 Å². The fraction of sp³-hybridized carbons (Fsp3) is 0.429. The van der Waals surface area contributed by atoms with E-state index in [4.69, 9.17) is 14.2 Å². The van der Waals surface area contributed by atoms with Gasteiger partial charge in [0.05, 0.1) is 24.7 Å². The molecule has 2 aromatic carbocycles. The van der Waals surface area contributed by atoms with Crippen LogP contribution in [0.1, 0.15) is 18.4 Å². The van der Waals surface area contributed by atoms with Crippen LogP contribution in [-0.4, -0.2) is 49.3 Å². The lowest BCUT2D eigenvalue weighted by atomic mass is 10.2. The first-order valence-electron chi connectivity index (χ1n) is 9.61. The Kier molecular flexibility index (Phi) is 7.63. The van der Waals surface area contributed by atoms with Gasteiger partial charge < -0.3 is 14.2 Å². The predicted octanol–water partition coefficient (Wildman–Crippen LogP) is 3.67. The number of nitrogens with zero attached hydrogens (tertiary/aromatic N) is 2. The minimum Gasteiger partial charge on any atom is -0.487 e. The molecule has 2 aromatic rings. The van der Waals surface area contributed by atoms with Gasteiger partial charge in [-0.3, -0.25) is 15.0 Å². The molecule has 7 heteroatoms. The molecule has 0 atom stereocenters. The average Bonchev–Trinajstić information content (AvgIpc) is 2.73. The topological polar surface area (TPSA) is 74.1 Å². The monoisotopic (exact) mass is 386 g/mol. The van der Waals surface area contributed by atoms with E-state index in [1.165, 1.54) is 0 Å². The van der Waals surface area contributed by atoms with Gasteiger partial charge in [0, 0.05) is 13.1 Å². The summed E-state index contributed by atoms with van der Waals surface area (Å²) in [5, 5.41) is 11.6. The van der Waals surface area contributed by atoms with Crippen molar-refractivity contribution >= 4 is 5.69 Å². The minimum absolute atomic E-state index is 0.119. The van der Waals surface area contributed by atoms with Gasteiger partial charge in [-0.15, -0.1) is 0 Å². The summed E-state index contributed by atoms with van der Waals surface area (Å²) in [7, 11) is 0. The van der Waals surface area contributed by atoms with Gasteiger partial charge >= 0.3 is 5.69 Å². The zero-order valence-electron chi connectivity index (χ0n) is 15.9. The Hall–Kier alpha value is -2.64. The Morgan fingerprint density at radius 2 is 1.68 bits per heavy atom. The van der Waals surface area contributed by atoms with Gasteiger partial charge in [0.2, 0.25) is 11.5 Å². The Labute approximate surface area is 165 Å². The highest BCUT2D eigenvalue weighted by Crippen LogP contribution is 2.37. The van der Waals surface area contributed by atoms with Crippen LogP contribution in [-0.2, 0) is 11.3 Å². The number of morpholine rings is 1. The van der Waals surface area contributed by atoms with Gasteiger partial charge in [-0.2, -0.15) is 0 Å². The third-order valence-electron chi connectivity index (χ3n) is 4.61. The number of nitro benzene ring substituents is 1. The summed E-state index contributed by atoms with van der Waals surface area (Å²) in [4.78, 5) is 13.5. The number of benzene rings is 2. The SMILES string of the molecule is O=[N+]([O-])c1c(OCCCCN2CCOCC2)cccc1OCc1ccccc1. The van der Waals surface area contributed by atoms with Crippen molar-refractivity contribution in [2.75, 3.05) is 39.5 Å². The minimum atomic E-state index is -0.441. The van der Waals surface area contributed by atoms with Crippen molar-refractivity contribution in [3.05, 3.63) is 64.2 Å². The highest BCUT2D eigenvalue weighted by molar-refractivity contribution is 5.57. The number of unbranched alkanes of at least 4 members (excludes halogenated alkanes) is 1. The van der Waals surface area contributed by atoms with Crippen LogP contribution in [0.3, 0.4) is 0 Å². The molecule has 0 unspecified atom stereocenters. The molecule has 0 aliphatic carbocycles. The maximum absolute atomic E-state index is 11.6. The first-order chi connectivity index (χ1) is 13.7. The van der Waals surface area contributed by atoms with Gasteiger partial charge in [-0.25, -0.2) is 0 Å².